The van der Waals surface area contributed by atoms with Gasteiger partial charge >= 0.3 is 11.9 Å². The van der Waals surface area contributed by atoms with E-state index in [2.05, 4.69) is 9.80 Å². The largest absolute Gasteiger partial charge is 0.468 e. The van der Waals surface area contributed by atoms with E-state index < -0.39 is 0 Å². The minimum atomic E-state index is -0.145. The molecule has 0 aromatic heterocycles. The zero-order chi connectivity index (χ0) is 14.5. The minimum Gasteiger partial charge on any atom is -0.468 e. The molecule has 6 heteroatoms. The molecule has 0 bridgehead atoms. The zero-order valence-electron chi connectivity index (χ0n) is 12.3. The molecule has 2 heterocycles. The molecule has 2 aliphatic rings. The van der Waals surface area contributed by atoms with Crippen LogP contribution in [0.1, 0.15) is 25.7 Å². The highest BCUT2D eigenvalue weighted by Crippen LogP contribution is 2.21. The first kappa shape index (κ1) is 15.3. The molecule has 2 saturated heterocycles. The summed E-state index contributed by atoms with van der Waals surface area (Å²) in [6.07, 6.45) is 3.79. The second-order valence-corrected chi connectivity index (χ2v) is 5.43. The summed E-state index contributed by atoms with van der Waals surface area (Å²) in [5, 5.41) is 0. The Morgan fingerprint density at radius 1 is 0.900 bits per heavy atom. The molecule has 0 spiro atoms. The maximum Gasteiger partial charge on any atom is 0.323 e. The summed E-state index contributed by atoms with van der Waals surface area (Å²) in [7, 11) is 2.87. The van der Waals surface area contributed by atoms with Crippen molar-refractivity contribution < 1.29 is 19.1 Å². The first-order valence-electron chi connectivity index (χ1n) is 7.31. The Hall–Kier alpha value is -1.14. The molecule has 2 aliphatic heterocycles. The van der Waals surface area contributed by atoms with Crippen molar-refractivity contribution in [3.05, 3.63) is 0 Å². The average molecular weight is 284 g/mol. The van der Waals surface area contributed by atoms with Crippen LogP contribution in [0, 0.1) is 0 Å². The van der Waals surface area contributed by atoms with E-state index >= 15 is 0 Å². The van der Waals surface area contributed by atoms with Crippen LogP contribution in [0.4, 0.5) is 0 Å². The fourth-order valence-electron chi connectivity index (χ4n) is 3.25. The van der Waals surface area contributed by atoms with Crippen LogP contribution in [0.3, 0.4) is 0 Å². The molecule has 0 N–H and O–H groups in total. The summed E-state index contributed by atoms with van der Waals surface area (Å²) in [6, 6.07) is -0.224. The van der Waals surface area contributed by atoms with Gasteiger partial charge in [0.15, 0.2) is 0 Å². The van der Waals surface area contributed by atoms with Crippen molar-refractivity contribution >= 4 is 11.9 Å². The number of carbonyl (C=O) groups is 2. The normalized spacial score (nSPS) is 27.7. The van der Waals surface area contributed by atoms with Gasteiger partial charge in [-0.2, -0.15) is 0 Å². The number of ether oxygens (including phenoxy) is 2. The van der Waals surface area contributed by atoms with E-state index in [4.69, 9.17) is 9.47 Å². The molecule has 0 radical (unpaired) electrons. The first-order valence-corrected chi connectivity index (χ1v) is 7.31. The zero-order valence-corrected chi connectivity index (χ0v) is 12.3. The predicted octanol–water partition coefficient (Wildman–Crippen LogP) is 0.261. The monoisotopic (exact) mass is 284 g/mol. The van der Waals surface area contributed by atoms with Crippen LogP contribution in [0.25, 0.3) is 0 Å². The third kappa shape index (κ3) is 3.30. The van der Waals surface area contributed by atoms with Gasteiger partial charge in [-0.15, -0.1) is 0 Å². The van der Waals surface area contributed by atoms with Gasteiger partial charge < -0.3 is 9.47 Å². The molecule has 114 valence electrons. The van der Waals surface area contributed by atoms with Crippen molar-refractivity contribution in [2.45, 2.75) is 37.8 Å². The Morgan fingerprint density at radius 3 is 1.65 bits per heavy atom. The highest BCUT2D eigenvalue weighted by atomic mass is 16.5. The molecular weight excluding hydrogens is 260 g/mol. The van der Waals surface area contributed by atoms with E-state index in [1.54, 1.807) is 0 Å². The molecule has 2 atom stereocenters. The molecule has 0 saturated carbocycles. The van der Waals surface area contributed by atoms with Gasteiger partial charge in [-0.25, -0.2) is 0 Å². The lowest BCUT2D eigenvalue weighted by Gasteiger charge is -2.27. The van der Waals surface area contributed by atoms with E-state index in [0.717, 1.165) is 51.9 Å². The maximum atomic E-state index is 11.7. The molecule has 0 aromatic rings. The lowest BCUT2D eigenvalue weighted by molar-refractivity contribution is -0.147. The van der Waals surface area contributed by atoms with Gasteiger partial charge in [-0.1, -0.05) is 0 Å². The molecule has 2 fully saturated rings. The summed E-state index contributed by atoms with van der Waals surface area (Å²) in [5.41, 5.74) is 0. The summed E-state index contributed by atoms with van der Waals surface area (Å²) < 4.78 is 9.69. The minimum absolute atomic E-state index is 0.112. The summed E-state index contributed by atoms with van der Waals surface area (Å²) in [6.45, 7) is 3.45. The topological polar surface area (TPSA) is 59.1 Å². The second kappa shape index (κ2) is 7.04. The molecule has 6 nitrogen and oxygen atoms in total. The van der Waals surface area contributed by atoms with Gasteiger partial charge in [0.2, 0.25) is 0 Å². The van der Waals surface area contributed by atoms with Crippen molar-refractivity contribution in [2.24, 2.45) is 0 Å². The van der Waals surface area contributed by atoms with Gasteiger partial charge in [-0.05, 0) is 38.8 Å². The summed E-state index contributed by atoms with van der Waals surface area (Å²) in [5.74, 6) is -0.290. The highest BCUT2D eigenvalue weighted by Gasteiger charge is 2.34. The van der Waals surface area contributed by atoms with Crippen molar-refractivity contribution in [1.82, 2.24) is 9.80 Å². The SMILES string of the molecule is COC(=O)C1CCCN1CCN1CCCC1C(=O)OC. The molecule has 2 rings (SSSR count). The third-order valence-corrected chi connectivity index (χ3v) is 4.35. The Bertz CT molecular complexity index is 327. The number of likely N-dealkylation sites (tertiary alicyclic amines) is 2. The van der Waals surface area contributed by atoms with Gasteiger partial charge in [-0.3, -0.25) is 19.4 Å². The quantitative estimate of drug-likeness (QED) is 0.675. The van der Waals surface area contributed by atoms with Crippen LogP contribution in [-0.4, -0.2) is 74.2 Å². The Kier molecular flexibility index (Phi) is 5.37. The number of carbonyl (C=O) groups excluding carboxylic acids is 2. The van der Waals surface area contributed by atoms with E-state index in [1.165, 1.54) is 14.2 Å². The number of hydrogen-bond donors (Lipinski definition) is 0. The Balaban J connectivity index is 1.85. The van der Waals surface area contributed by atoms with Crippen molar-refractivity contribution in [3.63, 3.8) is 0 Å². The van der Waals surface area contributed by atoms with Crippen LogP contribution in [0.2, 0.25) is 0 Å². The Labute approximate surface area is 120 Å². The second-order valence-electron chi connectivity index (χ2n) is 5.43. The average Bonchev–Trinajstić information content (AvgIpc) is 3.11. The predicted molar refractivity (Wildman–Crippen MR) is 73.2 cm³/mol. The summed E-state index contributed by atoms with van der Waals surface area (Å²) >= 11 is 0. The van der Waals surface area contributed by atoms with Crippen LogP contribution < -0.4 is 0 Å². The van der Waals surface area contributed by atoms with Crippen molar-refractivity contribution in [2.75, 3.05) is 40.4 Å². The lowest BCUT2D eigenvalue weighted by atomic mass is 10.2. The number of esters is 2. The molecule has 0 amide bonds. The van der Waals surface area contributed by atoms with E-state index in [-0.39, 0.29) is 24.0 Å². The van der Waals surface area contributed by atoms with Crippen LogP contribution in [0.15, 0.2) is 0 Å². The standard InChI is InChI=1S/C14H24N2O4/c1-19-13(17)11-5-3-7-15(11)9-10-16-8-4-6-12(16)14(18)20-2/h11-12H,3-10H2,1-2H3. The maximum absolute atomic E-state index is 11.7. The van der Waals surface area contributed by atoms with E-state index in [1.807, 2.05) is 0 Å². The van der Waals surface area contributed by atoms with Gasteiger partial charge in [0.05, 0.1) is 14.2 Å². The van der Waals surface area contributed by atoms with E-state index in [9.17, 15) is 9.59 Å². The summed E-state index contributed by atoms with van der Waals surface area (Å²) in [4.78, 5) is 27.7. The molecule has 0 aromatic carbocycles. The highest BCUT2D eigenvalue weighted by molar-refractivity contribution is 5.76. The van der Waals surface area contributed by atoms with Crippen molar-refractivity contribution in [1.29, 1.82) is 0 Å². The molecule has 2 unspecified atom stereocenters. The lowest BCUT2D eigenvalue weighted by Crippen LogP contribution is -2.44. The van der Waals surface area contributed by atoms with Gasteiger partial charge in [0, 0.05) is 13.1 Å². The molecule has 20 heavy (non-hydrogen) atoms. The number of nitrogens with zero attached hydrogens (tertiary/aromatic N) is 2. The number of hydrogen-bond acceptors (Lipinski definition) is 6. The van der Waals surface area contributed by atoms with Crippen LogP contribution in [0.5, 0.6) is 0 Å². The van der Waals surface area contributed by atoms with E-state index in [0.29, 0.717) is 0 Å². The third-order valence-electron chi connectivity index (χ3n) is 4.35. The molecule has 0 aliphatic carbocycles. The van der Waals surface area contributed by atoms with Crippen LogP contribution >= 0.6 is 0 Å². The van der Waals surface area contributed by atoms with Gasteiger partial charge in [0.1, 0.15) is 12.1 Å². The van der Waals surface area contributed by atoms with Gasteiger partial charge in [0.25, 0.3) is 0 Å². The fourth-order valence-corrected chi connectivity index (χ4v) is 3.25. The van der Waals surface area contributed by atoms with Crippen LogP contribution in [-0.2, 0) is 19.1 Å². The number of rotatable bonds is 5. The van der Waals surface area contributed by atoms with Crippen molar-refractivity contribution in [3.8, 4) is 0 Å². The fraction of sp³-hybridized carbons (Fsp3) is 0.857. The first-order chi connectivity index (χ1) is 9.67. The number of methoxy groups -OCH3 is 2. The Morgan fingerprint density at radius 2 is 1.30 bits per heavy atom. The smallest absolute Gasteiger partial charge is 0.323 e. The molecular formula is C14H24N2O4.